The first kappa shape index (κ1) is 9.76. The minimum Gasteiger partial charge on any atom is -0.0648 e. The smallest absolute Gasteiger partial charge is 0.0162 e. The molecule has 0 bridgehead atoms. The van der Waals surface area contributed by atoms with Gasteiger partial charge in [0.15, 0.2) is 0 Å². The van der Waals surface area contributed by atoms with Gasteiger partial charge in [0.1, 0.15) is 0 Å². The second kappa shape index (κ2) is 4.63. The van der Waals surface area contributed by atoms with Crippen LogP contribution in [0.3, 0.4) is 0 Å². The highest BCUT2D eigenvalue weighted by Gasteiger charge is 2.21. The Hall–Kier alpha value is -0.780. The Labute approximate surface area is 87.3 Å². The van der Waals surface area contributed by atoms with Crippen molar-refractivity contribution in [3.05, 3.63) is 35.9 Å². The third kappa shape index (κ3) is 2.17. The molecular formula is C14H20. The number of hydrogen-bond donors (Lipinski definition) is 0. The zero-order valence-electron chi connectivity index (χ0n) is 9.08. The molecule has 76 valence electrons. The second-order valence-electron chi connectivity index (χ2n) is 4.55. The van der Waals surface area contributed by atoms with E-state index in [9.17, 15) is 0 Å². The predicted molar refractivity (Wildman–Crippen MR) is 61.4 cm³/mol. The fourth-order valence-electron chi connectivity index (χ4n) is 2.39. The summed E-state index contributed by atoms with van der Waals surface area (Å²) in [6.07, 6.45) is 7.13. The van der Waals surface area contributed by atoms with Crippen molar-refractivity contribution < 1.29 is 0 Å². The average molecular weight is 188 g/mol. The molecule has 1 fully saturated rings. The van der Waals surface area contributed by atoms with Gasteiger partial charge in [0.05, 0.1) is 0 Å². The van der Waals surface area contributed by atoms with E-state index in [0.29, 0.717) is 0 Å². The van der Waals surface area contributed by atoms with Gasteiger partial charge in [0.2, 0.25) is 0 Å². The molecule has 0 amide bonds. The van der Waals surface area contributed by atoms with Crippen LogP contribution in [-0.4, -0.2) is 0 Å². The monoisotopic (exact) mass is 188 g/mol. The van der Waals surface area contributed by atoms with Crippen molar-refractivity contribution >= 4 is 0 Å². The molecule has 1 aromatic rings. The van der Waals surface area contributed by atoms with Crippen molar-refractivity contribution in [2.45, 2.75) is 44.9 Å². The third-order valence-corrected chi connectivity index (χ3v) is 3.61. The van der Waals surface area contributed by atoms with E-state index < -0.39 is 0 Å². The second-order valence-corrected chi connectivity index (χ2v) is 4.55. The van der Waals surface area contributed by atoms with Gasteiger partial charge in [0.25, 0.3) is 0 Å². The molecule has 2 rings (SSSR count). The largest absolute Gasteiger partial charge is 0.0648 e. The van der Waals surface area contributed by atoms with Crippen LogP contribution in [-0.2, 0) is 0 Å². The summed E-state index contributed by atoms with van der Waals surface area (Å²) in [6, 6.07) is 11.0. The van der Waals surface area contributed by atoms with E-state index in [4.69, 9.17) is 0 Å². The van der Waals surface area contributed by atoms with Crippen LogP contribution >= 0.6 is 0 Å². The molecule has 1 aliphatic carbocycles. The Morgan fingerprint density at radius 2 is 1.93 bits per heavy atom. The first-order valence-electron chi connectivity index (χ1n) is 5.95. The molecule has 0 heteroatoms. The summed E-state index contributed by atoms with van der Waals surface area (Å²) in [5, 5.41) is 0. The summed E-state index contributed by atoms with van der Waals surface area (Å²) in [6.45, 7) is 2.32. The SMILES string of the molecule is CCC(CC1CCC1)c1ccccc1. The molecule has 1 unspecified atom stereocenters. The van der Waals surface area contributed by atoms with Crippen molar-refractivity contribution in [2.24, 2.45) is 5.92 Å². The van der Waals surface area contributed by atoms with Crippen LogP contribution in [0.15, 0.2) is 30.3 Å². The molecule has 0 heterocycles. The van der Waals surface area contributed by atoms with E-state index in [1.807, 2.05) is 0 Å². The van der Waals surface area contributed by atoms with E-state index in [0.717, 1.165) is 11.8 Å². The topological polar surface area (TPSA) is 0 Å². The highest BCUT2D eigenvalue weighted by atomic mass is 14.3. The van der Waals surface area contributed by atoms with Gasteiger partial charge in [0, 0.05) is 0 Å². The van der Waals surface area contributed by atoms with Crippen molar-refractivity contribution in [3.8, 4) is 0 Å². The molecular weight excluding hydrogens is 168 g/mol. The molecule has 1 aromatic carbocycles. The maximum absolute atomic E-state index is 2.32. The van der Waals surface area contributed by atoms with Gasteiger partial charge in [-0.05, 0) is 30.2 Å². The Morgan fingerprint density at radius 3 is 2.43 bits per heavy atom. The first-order valence-corrected chi connectivity index (χ1v) is 5.95. The molecule has 0 N–H and O–H groups in total. The maximum atomic E-state index is 2.32. The van der Waals surface area contributed by atoms with Crippen molar-refractivity contribution in [3.63, 3.8) is 0 Å². The molecule has 14 heavy (non-hydrogen) atoms. The van der Waals surface area contributed by atoms with Crippen LogP contribution in [0, 0.1) is 5.92 Å². The van der Waals surface area contributed by atoms with E-state index in [1.165, 1.54) is 32.1 Å². The van der Waals surface area contributed by atoms with Gasteiger partial charge in [-0.2, -0.15) is 0 Å². The molecule has 0 spiro atoms. The van der Waals surface area contributed by atoms with Crippen LogP contribution in [0.4, 0.5) is 0 Å². The van der Waals surface area contributed by atoms with Crippen molar-refractivity contribution in [1.29, 1.82) is 0 Å². The lowest BCUT2D eigenvalue weighted by atomic mass is 9.76. The lowest BCUT2D eigenvalue weighted by molar-refractivity contribution is 0.273. The Balaban J connectivity index is 1.98. The maximum Gasteiger partial charge on any atom is -0.0162 e. The van der Waals surface area contributed by atoms with Crippen molar-refractivity contribution in [2.75, 3.05) is 0 Å². The molecule has 1 aliphatic rings. The van der Waals surface area contributed by atoms with Crippen LogP contribution in [0.25, 0.3) is 0 Å². The minimum atomic E-state index is 0.807. The van der Waals surface area contributed by atoms with Gasteiger partial charge in [-0.1, -0.05) is 56.5 Å². The quantitative estimate of drug-likeness (QED) is 0.658. The molecule has 0 aliphatic heterocycles. The highest BCUT2D eigenvalue weighted by Crippen LogP contribution is 2.36. The lowest BCUT2D eigenvalue weighted by Crippen LogP contribution is -2.14. The van der Waals surface area contributed by atoms with Crippen molar-refractivity contribution in [1.82, 2.24) is 0 Å². The molecule has 0 nitrogen and oxygen atoms in total. The fraction of sp³-hybridized carbons (Fsp3) is 0.571. The summed E-state index contributed by atoms with van der Waals surface area (Å²) in [5.41, 5.74) is 1.54. The third-order valence-electron chi connectivity index (χ3n) is 3.61. The predicted octanol–water partition coefficient (Wildman–Crippen LogP) is 4.37. The first-order chi connectivity index (χ1) is 6.90. The van der Waals surface area contributed by atoms with Gasteiger partial charge in [-0.25, -0.2) is 0 Å². The Kier molecular flexibility index (Phi) is 3.23. The summed E-state index contributed by atoms with van der Waals surface area (Å²) >= 11 is 0. The summed E-state index contributed by atoms with van der Waals surface area (Å²) in [7, 11) is 0. The summed E-state index contributed by atoms with van der Waals surface area (Å²) < 4.78 is 0. The van der Waals surface area contributed by atoms with Gasteiger partial charge in [-0.15, -0.1) is 0 Å². The number of benzene rings is 1. The van der Waals surface area contributed by atoms with Crippen LogP contribution in [0.2, 0.25) is 0 Å². The minimum absolute atomic E-state index is 0.807. The standard InChI is InChI=1S/C14H20/c1-2-13(11-12-7-6-8-12)14-9-4-3-5-10-14/h3-5,9-10,12-13H,2,6-8,11H2,1H3. The van der Waals surface area contributed by atoms with Crippen LogP contribution < -0.4 is 0 Å². The van der Waals surface area contributed by atoms with Crippen LogP contribution in [0.5, 0.6) is 0 Å². The van der Waals surface area contributed by atoms with Gasteiger partial charge in [-0.3, -0.25) is 0 Å². The summed E-state index contributed by atoms with van der Waals surface area (Å²) in [4.78, 5) is 0. The van der Waals surface area contributed by atoms with E-state index >= 15 is 0 Å². The fourth-order valence-corrected chi connectivity index (χ4v) is 2.39. The molecule has 0 aromatic heterocycles. The van der Waals surface area contributed by atoms with Gasteiger partial charge < -0.3 is 0 Å². The molecule has 0 radical (unpaired) electrons. The van der Waals surface area contributed by atoms with Gasteiger partial charge >= 0.3 is 0 Å². The van der Waals surface area contributed by atoms with E-state index in [2.05, 4.69) is 37.3 Å². The average Bonchev–Trinajstić information content (AvgIpc) is 2.18. The van der Waals surface area contributed by atoms with E-state index in [1.54, 1.807) is 5.56 Å². The molecule has 0 saturated heterocycles. The molecule has 1 saturated carbocycles. The molecule has 1 atom stereocenters. The number of rotatable bonds is 4. The zero-order valence-corrected chi connectivity index (χ0v) is 9.08. The van der Waals surface area contributed by atoms with Crippen LogP contribution in [0.1, 0.15) is 50.5 Å². The Morgan fingerprint density at radius 1 is 1.21 bits per heavy atom. The lowest BCUT2D eigenvalue weighted by Gasteiger charge is -2.29. The Bertz CT molecular complexity index is 259. The summed E-state index contributed by atoms with van der Waals surface area (Å²) in [5.74, 6) is 1.83. The number of hydrogen-bond acceptors (Lipinski definition) is 0. The van der Waals surface area contributed by atoms with E-state index in [-0.39, 0.29) is 0 Å². The highest BCUT2D eigenvalue weighted by molar-refractivity contribution is 5.19. The zero-order chi connectivity index (χ0) is 9.80. The normalized spacial score (nSPS) is 18.9.